The molecule has 7 nitrogen and oxygen atoms in total. The number of aryl methyl sites for hydroxylation is 1. The van der Waals surface area contributed by atoms with Gasteiger partial charge >= 0.3 is 0 Å². The molecule has 2 heterocycles. The quantitative estimate of drug-likeness (QED) is 0.518. The number of morpholine rings is 1. The largest absolute Gasteiger partial charge is 0.424 e. The van der Waals surface area contributed by atoms with Gasteiger partial charge in [-0.2, -0.15) is 0 Å². The Hall–Kier alpha value is -3.71. The molecule has 1 fully saturated rings. The maximum atomic E-state index is 12.6. The summed E-state index contributed by atoms with van der Waals surface area (Å²) in [5.74, 6) is 0.688. The van der Waals surface area contributed by atoms with Gasteiger partial charge in [0.2, 0.25) is 11.8 Å². The first-order valence-electron chi connectivity index (χ1n) is 10.7. The van der Waals surface area contributed by atoms with Crippen LogP contribution in [0.1, 0.15) is 22.1 Å². The minimum Gasteiger partial charge on any atom is -0.424 e. The second kappa shape index (κ2) is 8.80. The summed E-state index contributed by atoms with van der Waals surface area (Å²) in [6.45, 7) is 5.31. The van der Waals surface area contributed by atoms with Gasteiger partial charge in [-0.3, -0.25) is 4.79 Å². The maximum Gasteiger partial charge on any atom is 0.251 e. The molecule has 5 rings (SSSR count). The Labute approximate surface area is 186 Å². The van der Waals surface area contributed by atoms with Crippen LogP contribution in [0.4, 0.5) is 5.69 Å². The van der Waals surface area contributed by atoms with Crippen molar-refractivity contribution >= 4 is 22.4 Å². The van der Waals surface area contributed by atoms with Crippen molar-refractivity contribution in [2.24, 2.45) is 0 Å². The Morgan fingerprint density at radius 2 is 1.84 bits per heavy atom. The van der Waals surface area contributed by atoms with E-state index in [-0.39, 0.29) is 12.5 Å². The average molecular weight is 428 g/mol. The summed E-state index contributed by atoms with van der Waals surface area (Å²) >= 11 is 0. The van der Waals surface area contributed by atoms with Gasteiger partial charge in [0.25, 0.3) is 5.91 Å². The minimum absolute atomic E-state index is 0.178. The van der Waals surface area contributed by atoms with E-state index < -0.39 is 0 Å². The lowest BCUT2D eigenvalue weighted by Gasteiger charge is -2.29. The normalized spacial score (nSPS) is 14.0. The van der Waals surface area contributed by atoms with Crippen LogP contribution in [-0.4, -0.2) is 42.4 Å². The number of ether oxygens (including phenoxy) is 1. The molecule has 1 aliphatic rings. The molecule has 162 valence electrons. The number of carbonyl (C=O) groups is 1. The van der Waals surface area contributed by atoms with Gasteiger partial charge in [0.1, 0.15) is 0 Å². The second-order valence-electron chi connectivity index (χ2n) is 7.79. The molecule has 1 N–H and O–H groups in total. The molecular formula is C25H24N4O3. The molecule has 0 atom stereocenters. The van der Waals surface area contributed by atoms with Crippen LogP contribution in [0.3, 0.4) is 0 Å². The summed E-state index contributed by atoms with van der Waals surface area (Å²) < 4.78 is 10.8. The zero-order chi connectivity index (χ0) is 21.9. The molecule has 0 aliphatic carbocycles. The summed E-state index contributed by atoms with van der Waals surface area (Å²) in [6, 6.07) is 20.6. The van der Waals surface area contributed by atoms with E-state index in [0.29, 0.717) is 17.3 Å². The third kappa shape index (κ3) is 4.20. The number of nitrogens with one attached hydrogen (secondary N) is 1. The standard InChI is InChI=1S/C25H24N4O3/c1-17-27-28-24(32-17)16-26-25(30)20-7-10-23-19(15-20)3-2-4-22(23)18-5-8-21(9-6-18)29-11-13-31-14-12-29/h2-10,15H,11-14,16H2,1H3,(H,26,30). The Bertz CT molecular complexity index is 1240. The number of amides is 1. The van der Waals surface area contributed by atoms with Crippen molar-refractivity contribution in [2.45, 2.75) is 13.5 Å². The number of aromatic nitrogens is 2. The lowest BCUT2D eigenvalue weighted by molar-refractivity contribution is 0.0947. The highest BCUT2D eigenvalue weighted by Gasteiger charge is 2.13. The summed E-state index contributed by atoms with van der Waals surface area (Å²) in [7, 11) is 0. The summed E-state index contributed by atoms with van der Waals surface area (Å²) in [5.41, 5.74) is 4.10. The van der Waals surface area contributed by atoms with Crippen LogP contribution < -0.4 is 10.2 Å². The van der Waals surface area contributed by atoms with E-state index >= 15 is 0 Å². The molecule has 32 heavy (non-hydrogen) atoms. The molecule has 0 unspecified atom stereocenters. The SMILES string of the molecule is Cc1nnc(CNC(=O)c2ccc3c(-c4ccc(N5CCOCC5)cc4)cccc3c2)o1. The van der Waals surface area contributed by atoms with Crippen molar-refractivity contribution in [1.29, 1.82) is 0 Å². The van der Waals surface area contributed by atoms with Crippen LogP contribution in [0.25, 0.3) is 21.9 Å². The molecule has 0 radical (unpaired) electrons. The number of anilines is 1. The van der Waals surface area contributed by atoms with Crippen LogP contribution in [0, 0.1) is 6.92 Å². The second-order valence-corrected chi connectivity index (χ2v) is 7.79. The molecule has 0 spiro atoms. The number of benzene rings is 3. The van der Waals surface area contributed by atoms with E-state index in [1.807, 2.05) is 30.3 Å². The predicted octanol–water partition coefficient (Wildman–Crippen LogP) is 3.96. The molecule has 4 aromatic rings. The van der Waals surface area contributed by atoms with Gasteiger partial charge in [-0.05, 0) is 46.2 Å². The van der Waals surface area contributed by atoms with Crippen molar-refractivity contribution in [3.05, 3.63) is 78.0 Å². The molecular weight excluding hydrogens is 404 g/mol. The molecule has 1 aromatic heterocycles. The van der Waals surface area contributed by atoms with Gasteiger partial charge in [-0.1, -0.05) is 36.4 Å². The van der Waals surface area contributed by atoms with Crippen LogP contribution in [0.2, 0.25) is 0 Å². The predicted molar refractivity (Wildman–Crippen MR) is 123 cm³/mol. The average Bonchev–Trinajstić information content (AvgIpc) is 3.27. The third-order valence-corrected chi connectivity index (χ3v) is 5.67. The van der Waals surface area contributed by atoms with Gasteiger partial charge in [-0.25, -0.2) is 0 Å². The highest BCUT2D eigenvalue weighted by molar-refractivity contribution is 6.02. The van der Waals surface area contributed by atoms with E-state index in [9.17, 15) is 4.79 Å². The van der Waals surface area contributed by atoms with E-state index in [1.54, 1.807) is 6.92 Å². The molecule has 3 aromatic carbocycles. The monoisotopic (exact) mass is 428 g/mol. The number of hydrogen-bond acceptors (Lipinski definition) is 6. The number of nitrogens with zero attached hydrogens (tertiary/aromatic N) is 3. The van der Waals surface area contributed by atoms with E-state index in [0.717, 1.165) is 48.2 Å². The first kappa shape index (κ1) is 20.2. The maximum absolute atomic E-state index is 12.6. The van der Waals surface area contributed by atoms with Crippen LogP contribution in [0.15, 0.2) is 65.1 Å². The van der Waals surface area contributed by atoms with Crippen LogP contribution in [0.5, 0.6) is 0 Å². The number of carbonyl (C=O) groups excluding carboxylic acids is 1. The van der Waals surface area contributed by atoms with E-state index in [4.69, 9.17) is 9.15 Å². The molecule has 7 heteroatoms. The van der Waals surface area contributed by atoms with E-state index in [1.165, 1.54) is 5.69 Å². The lowest BCUT2D eigenvalue weighted by Crippen LogP contribution is -2.36. The lowest BCUT2D eigenvalue weighted by atomic mass is 9.96. The van der Waals surface area contributed by atoms with Crippen molar-refractivity contribution < 1.29 is 13.9 Å². The van der Waals surface area contributed by atoms with Gasteiger partial charge in [0.15, 0.2) is 0 Å². The summed E-state index contributed by atoms with van der Waals surface area (Å²) in [5, 5.41) is 12.6. The van der Waals surface area contributed by atoms with Crippen LogP contribution >= 0.6 is 0 Å². The molecule has 1 aliphatic heterocycles. The molecule has 1 saturated heterocycles. The summed E-state index contributed by atoms with van der Waals surface area (Å²) in [4.78, 5) is 14.9. The molecule has 1 amide bonds. The smallest absolute Gasteiger partial charge is 0.251 e. The fraction of sp³-hybridized carbons (Fsp3) is 0.240. The Morgan fingerprint density at radius 1 is 1.03 bits per heavy atom. The fourth-order valence-corrected chi connectivity index (χ4v) is 4.02. The highest BCUT2D eigenvalue weighted by atomic mass is 16.5. The first-order valence-corrected chi connectivity index (χ1v) is 10.7. The Kier molecular flexibility index (Phi) is 5.56. The Morgan fingerprint density at radius 3 is 2.59 bits per heavy atom. The van der Waals surface area contributed by atoms with Gasteiger partial charge in [-0.15, -0.1) is 10.2 Å². The Balaban J connectivity index is 1.36. The van der Waals surface area contributed by atoms with Crippen molar-refractivity contribution in [3.8, 4) is 11.1 Å². The van der Waals surface area contributed by atoms with Crippen molar-refractivity contribution in [1.82, 2.24) is 15.5 Å². The third-order valence-electron chi connectivity index (χ3n) is 5.67. The van der Waals surface area contributed by atoms with Crippen molar-refractivity contribution in [3.63, 3.8) is 0 Å². The first-order chi connectivity index (χ1) is 15.7. The van der Waals surface area contributed by atoms with Crippen molar-refractivity contribution in [2.75, 3.05) is 31.2 Å². The summed E-state index contributed by atoms with van der Waals surface area (Å²) in [6.07, 6.45) is 0. The van der Waals surface area contributed by atoms with Gasteiger partial charge in [0, 0.05) is 31.3 Å². The van der Waals surface area contributed by atoms with Crippen LogP contribution in [-0.2, 0) is 11.3 Å². The number of hydrogen-bond donors (Lipinski definition) is 1. The number of rotatable bonds is 5. The zero-order valence-electron chi connectivity index (χ0n) is 17.9. The molecule has 0 saturated carbocycles. The zero-order valence-corrected chi connectivity index (χ0v) is 17.9. The van der Waals surface area contributed by atoms with Gasteiger partial charge < -0.3 is 19.4 Å². The fourth-order valence-electron chi connectivity index (χ4n) is 4.02. The van der Waals surface area contributed by atoms with Gasteiger partial charge in [0.05, 0.1) is 19.8 Å². The minimum atomic E-state index is -0.178. The van der Waals surface area contributed by atoms with E-state index in [2.05, 4.69) is 50.7 Å². The number of fused-ring (bicyclic) bond motifs is 1. The molecule has 0 bridgehead atoms. The topological polar surface area (TPSA) is 80.5 Å². The highest BCUT2D eigenvalue weighted by Crippen LogP contribution is 2.31.